The number of halogens is 1. The maximum atomic E-state index is 14.5. The molecule has 5 nitrogen and oxygen atoms in total. The van der Waals surface area contributed by atoms with Gasteiger partial charge in [-0.1, -0.05) is 35.9 Å². The zero-order chi connectivity index (χ0) is 19.8. The molecule has 150 valence electrons. The number of anilines is 1. The maximum Gasteiger partial charge on any atom is 0.191 e. The van der Waals surface area contributed by atoms with E-state index < -0.39 is 0 Å². The summed E-state index contributed by atoms with van der Waals surface area (Å²) in [6.45, 7) is 8.72. The van der Waals surface area contributed by atoms with Crippen LogP contribution in [0.25, 0.3) is 0 Å². The number of rotatable bonds is 6. The van der Waals surface area contributed by atoms with Gasteiger partial charge in [-0.25, -0.2) is 9.38 Å². The van der Waals surface area contributed by atoms with Crippen LogP contribution in [0.4, 0.5) is 10.1 Å². The summed E-state index contributed by atoms with van der Waals surface area (Å²) < 4.78 is 19.9. The molecule has 0 atom stereocenters. The molecule has 1 heterocycles. The fraction of sp³-hybridized carbons (Fsp3) is 0.409. The monoisotopic (exact) mass is 384 g/mol. The van der Waals surface area contributed by atoms with E-state index in [9.17, 15) is 4.39 Å². The average Bonchev–Trinajstić information content (AvgIpc) is 2.72. The largest absolute Gasteiger partial charge is 0.378 e. The van der Waals surface area contributed by atoms with Crippen molar-refractivity contribution in [2.45, 2.75) is 26.9 Å². The lowest BCUT2D eigenvalue weighted by atomic mass is 10.1. The van der Waals surface area contributed by atoms with Gasteiger partial charge in [-0.05, 0) is 37.1 Å². The first kappa shape index (κ1) is 20.1. The summed E-state index contributed by atoms with van der Waals surface area (Å²) in [5.41, 5.74) is 3.92. The lowest BCUT2D eigenvalue weighted by Crippen LogP contribution is -2.37. The molecule has 6 heteroatoms. The van der Waals surface area contributed by atoms with Crippen LogP contribution in [0.1, 0.15) is 23.6 Å². The number of nitrogens with one attached hydrogen (secondary N) is 2. The number of nitrogens with zero attached hydrogens (tertiary/aromatic N) is 2. The Morgan fingerprint density at radius 3 is 2.46 bits per heavy atom. The van der Waals surface area contributed by atoms with Crippen LogP contribution < -0.4 is 15.5 Å². The van der Waals surface area contributed by atoms with E-state index in [4.69, 9.17) is 4.74 Å². The van der Waals surface area contributed by atoms with Gasteiger partial charge in [-0.2, -0.15) is 0 Å². The molecule has 0 aliphatic carbocycles. The predicted octanol–water partition coefficient (Wildman–Crippen LogP) is 3.23. The lowest BCUT2D eigenvalue weighted by Gasteiger charge is -2.29. The molecule has 2 N–H and O–H groups in total. The third-order valence-corrected chi connectivity index (χ3v) is 4.71. The Hall–Kier alpha value is -2.60. The standard InChI is InChI=1S/C22H29FN4O/c1-3-24-22(25-15-18-6-4-17(2)5-7-18)26-16-19-8-9-21(20(23)14-19)27-10-12-28-13-11-27/h4-9,14H,3,10-13,15-16H2,1-2H3,(H2,24,25,26). The number of aryl methyl sites for hydroxylation is 1. The highest BCUT2D eigenvalue weighted by Crippen LogP contribution is 2.22. The third kappa shape index (κ3) is 5.70. The van der Waals surface area contributed by atoms with E-state index in [-0.39, 0.29) is 5.82 Å². The minimum absolute atomic E-state index is 0.202. The highest BCUT2D eigenvalue weighted by Gasteiger charge is 2.15. The Balaban J connectivity index is 1.61. The fourth-order valence-corrected chi connectivity index (χ4v) is 3.11. The number of morpholine rings is 1. The minimum atomic E-state index is -0.202. The second kappa shape index (κ2) is 10.1. The van der Waals surface area contributed by atoms with E-state index in [1.807, 2.05) is 24.0 Å². The van der Waals surface area contributed by atoms with Crippen molar-refractivity contribution < 1.29 is 9.13 Å². The van der Waals surface area contributed by atoms with Crippen molar-refractivity contribution in [2.24, 2.45) is 4.99 Å². The molecule has 0 bridgehead atoms. The van der Waals surface area contributed by atoms with Gasteiger partial charge >= 0.3 is 0 Å². The van der Waals surface area contributed by atoms with Crippen LogP contribution in [0.2, 0.25) is 0 Å². The molecule has 2 aromatic rings. The molecular weight excluding hydrogens is 355 g/mol. The molecule has 1 aliphatic heterocycles. The van der Waals surface area contributed by atoms with Crippen molar-refractivity contribution in [2.75, 3.05) is 37.7 Å². The Kier molecular flexibility index (Phi) is 7.25. The van der Waals surface area contributed by atoms with Crippen LogP contribution in [-0.2, 0) is 17.8 Å². The van der Waals surface area contributed by atoms with Crippen LogP contribution in [0.3, 0.4) is 0 Å². The van der Waals surface area contributed by atoms with Gasteiger partial charge in [0.15, 0.2) is 5.96 Å². The molecule has 1 saturated heterocycles. The van der Waals surface area contributed by atoms with Gasteiger partial charge in [0.1, 0.15) is 5.82 Å². The van der Waals surface area contributed by atoms with Gasteiger partial charge in [0, 0.05) is 26.2 Å². The van der Waals surface area contributed by atoms with E-state index in [0.717, 1.165) is 31.2 Å². The van der Waals surface area contributed by atoms with Crippen molar-refractivity contribution in [1.82, 2.24) is 10.6 Å². The molecule has 1 aliphatic rings. The summed E-state index contributed by atoms with van der Waals surface area (Å²) in [5.74, 6) is 0.521. The Labute approximate surface area is 166 Å². The third-order valence-electron chi connectivity index (χ3n) is 4.71. The van der Waals surface area contributed by atoms with Gasteiger partial charge in [-0.15, -0.1) is 0 Å². The Morgan fingerprint density at radius 2 is 1.79 bits per heavy atom. The van der Waals surface area contributed by atoms with Crippen LogP contribution in [0.5, 0.6) is 0 Å². The highest BCUT2D eigenvalue weighted by atomic mass is 19.1. The summed E-state index contributed by atoms with van der Waals surface area (Å²) in [5, 5.41) is 6.56. The van der Waals surface area contributed by atoms with Crippen LogP contribution in [0.15, 0.2) is 47.5 Å². The minimum Gasteiger partial charge on any atom is -0.378 e. The van der Waals surface area contributed by atoms with Crippen molar-refractivity contribution >= 4 is 11.6 Å². The second-order valence-electron chi connectivity index (χ2n) is 6.92. The van der Waals surface area contributed by atoms with E-state index in [1.54, 1.807) is 6.07 Å². The first-order valence-corrected chi connectivity index (χ1v) is 9.84. The maximum absolute atomic E-state index is 14.5. The van der Waals surface area contributed by atoms with Crippen molar-refractivity contribution in [3.05, 3.63) is 65.0 Å². The molecular formula is C22H29FN4O. The van der Waals surface area contributed by atoms with Crippen molar-refractivity contribution in [3.8, 4) is 0 Å². The van der Waals surface area contributed by atoms with Gasteiger partial charge in [0.05, 0.1) is 25.4 Å². The van der Waals surface area contributed by atoms with Crippen LogP contribution in [-0.4, -0.2) is 38.8 Å². The zero-order valence-corrected chi connectivity index (χ0v) is 16.7. The zero-order valence-electron chi connectivity index (χ0n) is 16.7. The molecule has 0 aromatic heterocycles. The van der Waals surface area contributed by atoms with E-state index >= 15 is 0 Å². The number of aliphatic imine (C=N–C) groups is 1. The lowest BCUT2D eigenvalue weighted by molar-refractivity contribution is 0.122. The van der Waals surface area contributed by atoms with Crippen LogP contribution >= 0.6 is 0 Å². The van der Waals surface area contributed by atoms with Gasteiger partial charge in [0.25, 0.3) is 0 Å². The fourth-order valence-electron chi connectivity index (χ4n) is 3.11. The summed E-state index contributed by atoms with van der Waals surface area (Å²) in [7, 11) is 0. The molecule has 3 rings (SSSR count). The van der Waals surface area contributed by atoms with Crippen LogP contribution in [0, 0.1) is 12.7 Å². The summed E-state index contributed by atoms with van der Waals surface area (Å²) in [4.78, 5) is 6.62. The Morgan fingerprint density at radius 1 is 1.07 bits per heavy atom. The van der Waals surface area contributed by atoms with Gasteiger partial charge in [0.2, 0.25) is 0 Å². The summed E-state index contributed by atoms with van der Waals surface area (Å²) >= 11 is 0. The molecule has 0 spiro atoms. The molecule has 0 amide bonds. The van der Waals surface area contributed by atoms with Gasteiger partial charge in [-0.3, -0.25) is 0 Å². The van der Waals surface area contributed by atoms with E-state index in [1.165, 1.54) is 11.1 Å². The van der Waals surface area contributed by atoms with E-state index in [0.29, 0.717) is 32.0 Å². The number of ether oxygens (including phenoxy) is 1. The average molecular weight is 384 g/mol. The molecule has 2 aromatic carbocycles. The number of benzene rings is 2. The second-order valence-corrected chi connectivity index (χ2v) is 6.92. The highest BCUT2D eigenvalue weighted by molar-refractivity contribution is 5.79. The quantitative estimate of drug-likeness (QED) is 0.593. The molecule has 1 fully saturated rings. The van der Waals surface area contributed by atoms with Crippen molar-refractivity contribution in [1.29, 1.82) is 0 Å². The number of guanidine groups is 1. The summed E-state index contributed by atoms with van der Waals surface area (Å²) in [6.07, 6.45) is 0. The number of hydrogen-bond donors (Lipinski definition) is 2. The molecule has 0 unspecified atom stereocenters. The van der Waals surface area contributed by atoms with E-state index in [2.05, 4.69) is 46.8 Å². The summed E-state index contributed by atoms with van der Waals surface area (Å²) in [6, 6.07) is 13.8. The Bertz CT molecular complexity index is 786. The van der Waals surface area contributed by atoms with Gasteiger partial charge < -0.3 is 20.3 Å². The number of hydrogen-bond acceptors (Lipinski definition) is 3. The molecule has 0 radical (unpaired) electrons. The van der Waals surface area contributed by atoms with Crippen molar-refractivity contribution in [3.63, 3.8) is 0 Å². The molecule has 28 heavy (non-hydrogen) atoms. The predicted molar refractivity (Wildman–Crippen MR) is 112 cm³/mol. The normalized spacial score (nSPS) is 14.8. The first-order valence-electron chi connectivity index (χ1n) is 9.84. The molecule has 0 saturated carbocycles. The first-order chi connectivity index (χ1) is 13.7. The smallest absolute Gasteiger partial charge is 0.191 e. The SMILES string of the molecule is CCNC(=NCc1ccc(N2CCOCC2)c(F)c1)NCc1ccc(C)cc1. The topological polar surface area (TPSA) is 48.9 Å².